The number of ketones is 1. The summed E-state index contributed by atoms with van der Waals surface area (Å²) in [6.07, 6.45) is 0.707. The molecular weight excluding hydrogens is 239 g/mol. The summed E-state index contributed by atoms with van der Waals surface area (Å²) in [5, 5.41) is 0. The first-order valence-electron chi connectivity index (χ1n) is 6.48. The Bertz CT molecular complexity index is 575. The molecule has 0 heterocycles. The van der Waals surface area contributed by atoms with E-state index in [1.165, 1.54) is 6.07 Å². The molecule has 1 nitrogen and oxygen atoms in total. The Morgan fingerprint density at radius 2 is 1.84 bits per heavy atom. The van der Waals surface area contributed by atoms with Crippen LogP contribution in [0.2, 0.25) is 0 Å². The van der Waals surface area contributed by atoms with E-state index in [0.717, 1.165) is 5.56 Å². The maximum absolute atomic E-state index is 13.6. The van der Waals surface area contributed by atoms with Crippen molar-refractivity contribution in [3.63, 3.8) is 0 Å². The van der Waals surface area contributed by atoms with Crippen molar-refractivity contribution in [3.05, 3.63) is 71.0 Å². The summed E-state index contributed by atoms with van der Waals surface area (Å²) < 4.78 is 13.6. The fraction of sp³-hybridized carbons (Fsp3) is 0.235. The van der Waals surface area contributed by atoms with Gasteiger partial charge in [-0.15, -0.1) is 0 Å². The number of benzene rings is 2. The number of carbonyl (C=O) groups is 1. The van der Waals surface area contributed by atoms with E-state index in [4.69, 9.17) is 0 Å². The zero-order chi connectivity index (χ0) is 13.8. The number of aryl methyl sites for hydroxylation is 1. The molecular formula is C17H17FO. The van der Waals surface area contributed by atoms with Crippen LogP contribution in [-0.4, -0.2) is 5.78 Å². The molecule has 2 rings (SSSR count). The van der Waals surface area contributed by atoms with Crippen LogP contribution < -0.4 is 0 Å². The van der Waals surface area contributed by atoms with Gasteiger partial charge in [0.2, 0.25) is 0 Å². The van der Waals surface area contributed by atoms with Gasteiger partial charge in [-0.3, -0.25) is 4.79 Å². The summed E-state index contributed by atoms with van der Waals surface area (Å²) in [5.41, 5.74) is 1.99. The van der Waals surface area contributed by atoms with Crippen molar-refractivity contribution in [3.8, 4) is 0 Å². The molecule has 0 N–H and O–H groups in total. The molecule has 0 fully saturated rings. The van der Waals surface area contributed by atoms with E-state index < -0.39 is 0 Å². The number of rotatable bonds is 4. The summed E-state index contributed by atoms with van der Waals surface area (Å²) in [5.74, 6) is -0.551. The van der Waals surface area contributed by atoms with E-state index in [2.05, 4.69) is 0 Å². The van der Waals surface area contributed by atoms with Gasteiger partial charge in [-0.1, -0.05) is 49.4 Å². The second-order valence-electron chi connectivity index (χ2n) is 4.70. The van der Waals surface area contributed by atoms with Gasteiger partial charge in [0, 0.05) is 11.5 Å². The number of hydrogen-bond donors (Lipinski definition) is 0. The first kappa shape index (κ1) is 13.5. The molecule has 0 spiro atoms. The molecule has 0 aromatic heterocycles. The monoisotopic (exact) mass is 256 g/mol. The molecule has 0 aliphatic heterocycles. The Hall–Kier alpha value is -1.96. The van der Waals surface area contributed by atoms with E-state index in [1.54, 1.807) is 19.1 Å². The van der Waals surface area contributed by atoms with E-state index in [-0.39, 0.29) is 17.5 Å². The summed E-state index contributed by atoms with van der Waals surface area (Å²) in [6.45, 7) is 3.66. The minimum absolute atomic E-state index is 0.0207. The van der Waals surface area contributed by atoms with Gasteiger partial charge in [0.15, 0.2) is 5.78 Å². The second kappa shape index (κ2) is 5.79. The number of hydrogen-bond acceptors (Lipinski definition) is 1. The van der Waals surface area contributed by atoms with Crippen molar-refractivity contribution >= 4 is 5.78 Å². The highest BCUT2D eigenvalue weighted by Crippen LogP contribution is 2.24. The van der Waals surface area contributed by atoms with Crippen LogP contribution >= 0.6 is 0 Å². The second-order valence-corrected chi connectivity index (χ2v) is 4.70. The molecule has 0 saturated heterocycles. The molecule has 1 atom stereocenters. The van der Waals surface area contributed by atoms with Crippen molar-refractivity contribution < 1.29 is 9.18 Å². The predicted octanol–water partition coefficient (Wildman–Crippen LogP) is 4.51. The Labute approximate surface area is 113 Å². The highest BCUT2D eigenvalue weighted by atomic mass is 19.1. The van der Waals surface area contributed by atoms with Crippen LogP contribution in [0.5, 0.6) is 0 Å². The topological polar surface area (TPSA) is 17.1 Å². The van der Waals surface area contributed by atoms with Gasteiger partial charge < -0.3 is 0 Å². The van der Waals surface area contributed by atoms with Crippen LogP contribution in [0.4, 0.5) is 4.39 Å². The average molecular weight is 256 g/mol. The zero-order valence-electron chi connectivity index (χ0n) is 11.2. The van der Waals surface area contributed by atoms with E-state index >= 15 is 0 Å². The quantitative estimate of drug-likeness (QED) is 0.735. The molecule has 0 aliphatic rings. The van der Waals surface area contributed by atoms with Crippen LogP contribution in [0.25, 0.3) is 0 Å². The number of halogens is 1. The van der Waals surface area contributed by atoms with Gasteiger partial charge in [-0.2, -0.15) is 0 Å². The standard InChI is InChI=1S/C17H17FO/c1-3-15(13-7-5-4-6-8-13)17(19)14-10-9-12(2)16(18)11-14/h4-11,15H,3H2,1-2H3. The molecule has 2 heteroatoms. The van der Waals surface area contributed by atoms with Crippen molar-refractivity contribution in [2.45, 2.75) is 26.2 Å². The molecule has 0 radical (unpaired) electrons. The maximum Gasteiger partial charge on any atom is 0.170 e. The normalized spacial score (nSPS) is 12.2. The SMILES string of the molecule is CCC(C(=O)c1ccc(C)c(F)c1)c1ccccc1. The lowest BCUT2D eigenvalue weighted by atomic mass is 9.88. The van der Waals surface area contributed by atoms with Crippen LogP contribution in [0.15, 0.2) is 48.5 Å². The lowest BCUT2D eigenvalue weighted by Crippen LogP contribution is -2.12. The smallest absolute Gasteiger partial charge is 0.170 e. The number of carbonyl (C=O) groups excluding carboxylic acids is 1. The van der Waals surface area contributed by atoms with Gasteiger partial charge in [-0.05, 0) is 30.5 Å². The Morgan fingerprint density at radius 1 is 1.16 bits per heavy atom. The average Bonchev–Trinajstić information content (AvgIpc) is 2.44. The minimum Gasteiger partial charge on any atom is -0.293 e. The lowest BCUT2D eigenvalue weighted by Gasteiger charge is -2.14. The third-order valence-electron chi connectivity index (χ3n) is 3.38. The van der Waals surface area contributed by atoms with Crippen LogP contribution in [0.3, 0.4) is 0 Å². The molecule has 0 aliphatic carbocycles. The molecule has 0 bridgehead atoms. The number of Topliss-reactive ketones (excluding diaryl/α,β-unsaturated/α-hetero) is 1. The third kappa shape index (κ3) is 2.90. The van der Waals surface area contributed by atoms with Gasteiger partial charge in [-0.25, -0.2) is 4.39 Å². The van der Waals surface area contributed by atoms with Crippen molar-refractivity contribution in [1.82, 2.24) is 0 Å². The predicted molar refractivity (Wildman–Crippen MR) is 74.9 cm³/mol. The minimum atomic E-state index is -0.325. The summed E-state index contributed by atoms with van der Waals surface area (Å²) in [4.78, 5) is 12.5. The van der Waals surface area contributed by atoms with Crippen molar-refractivity contribution in [1.29, 1.82) is 0 Å². The fourth-order valence-corrected chi connectivity index (χ4v) is 2.21. The van der Waals surface area contributed by atoms with E-state index in [1.807, 2.05) is 37.3 Å². The third-order valence-corrected chi connectivity index (χ3v) is 3.38. The Balaban J connectivity index is 2.33. The molecule has 0 saturated carbocycles. The molecule has 19 heavy (non-hydrogen) atoms. The van der Waals surface area contributed by atoms with Gasteiger partial charge in [0.05, 0.1) is 0 Å². The molecule has 1 unspecified atom stereocenters. The van der Waals surface area contributed by atoms with Gasteiger partial charge in [0.25, 0.3) is 0 Å². The highest BCUT2D eigenvalue weighted by Gasteiger charge is 2.20. The molecule has 2 aromatic carbocycles. The largest absolute Gasteiger partial charge is 0.293 e. The van der Waals surface area contributed by atoms with Gasteiger partial charge in [0.1, 0.15) is 5.82 Å². The van der Waals surface area contributed by atoms with Crippen molar-refractivity contribution in [2.24, 2.45) is 0 Å². The molecule has 0 amide bonds. The summed E-state index contributed by atoms with van der Waals surface area (Å²) >= 11 is 0. The Kier molecular flexibility index (Phi) is 4.10. The summed E-state index contributed by atoms with van der Waals surface area (Å²) in [6, 6.07) is 14.3. The molecule has 2 aromatic rings. The summed E-state index contributed by atoms with van der Waals surface area (Å²) in [7, 11) is 0. The van der Waals surface area contributed by atoms with Crippen molar-refractivity contribution in [2.75, 3.05) is 0 Å². The van der Waals surface area contributed by atoms with Crippen LogP contribution in [0.1, 0.15) is 40.7 Å². The Morgan fingerprint density at radius 3 is 2.42 bits per heavy atom. The van der Waals surface area contributed by atoms with E-state index in [9.17, 15) is 9.18 Å². The molecule has 98 valence electrons. The first-order chi connectivity index (χ1) is 9.13. The van der Waals surface area contributed by atoms with Crippen LogP contribution in [0, 0.1) is 12.7 Å². The first-order valence-corrected chi connectivity index (χ1v) is 6.48. The van der Waals surface area contributed by atoms with E-state index in [0.29, 0.717) is 17.5 Å². The maximum atomic E-state index is 13.6. The van der Waals surface area contributed by atoms with Gasteiger partial charge >= 0.3 is 0 Å². The zero-order valence-corrected chi connectivity index (χ0v) is 11.2. The fourth-order valence-electron chi connectivity index (χ4n) is 2.21. The lowest BCUT2D eigenvalue weighted by molar-refractivity contribution is 0.0957. The van der Waals surface area contributed by atoms with Crippen LogP contribution in [-0.2, 0) is 0 Å². The highest BCUT2D eigenvalue weighted by molar-refractivity contribution is 6.01.